The summed E-state index contributed by atoms with van der Waals surface area (Å²) in [4.78, 5) is 21.8. The molecule has 0 aromatic heterocycles. The molecule has 29 heavy (non-hydrogen) atoms. The van der Waals surface area contributed by atoms with Gasteiger partial charge in [-0.1, -0.05) is 0 Å². The summed E-state index contributed by atoms with van der Waals surface area (Å²) in [7, 11) is 0. The Hall–Kier alpha value is -3.65. The number of benzene rings is 2. The second-order valence-corrected chi connectivity index (χ2v) is 6.14. The van der Waals surface area contributed by atoms with Crippen LogP contribution in [0.5, 0.6) is 5.75 Å². The van der Waals surface area contributed by atoms with Crippen LogP contribution >= 0.6 is 0 Å². The van der Waals surface area contributed by atoms with Gasteiger partial charge in [-0.05, 0) is 43.3 Å². The van der Waals surface area contributed by atoms with E-state index in [1.807, 2.05) is 6.07 Å². The van der Waals surface area contributed by atoms with E-state index in [1.54, 1.807) is 0 Å². The third-order valence-electron chi connectivity index (χ3n) is 3.75. The number of nitriles is 1. The van der Waals surface area contributed by atoms with E-state index in [-0.39, 0.29) is 11.4 Å². The number of carbonyl (C=O) groups excluding carboxylic acids is 1. The number of nitro groups is 1. The molecular weight excluding hydrogens is 395 g/mol. The third-order valence-corrected chi connectivity index (χ3v) is 3.75. The SMILES string of the molecule is C[C@](O)(COc1ccc(C#N)cc1)C(=O)Nc1ccc([N+](=O)[O-])c(C(F)(F)F)c1. The van der Waals surface area contributed by atoms with Crippen molar-refractivity contribution in [3.05, 3.63) is 63.7 Å². The normalized spacial score (nSPS) is 13.1. The van der Waals surface area contributed by atoms with E-state index < -0.39 is 40.5 Å². The minimum absolute atomic E-state index is 0.256. The Labute approximate surface area is 162 Å². The van der Waals surface area contributed by atoms with Gasteiger partial charge in [0.2, 0.25) is 0 Å². The molecule has 0 unspecified atom stereocenters. The molecule has 1 amide bonds. The molecule has 2 aromatic rings. The highest BCUT2D eigenvalue weighted by atomic mass is 19.4. The summed E-state index contributed by atoms with van der Waals surface area (Å²) in [5, 5.41) is 31.8. The molecule has 8 nitrogen and oxygen atoms in total. The van der Waals surface area contributed by atoms with Crippen molar-refractivity contribution in [2.24, 2.45) is 0 Å². The number of anilines is 1. The van der Waals surface area contributed by atoms with Crippen LogP contribution in [0.25, 0.3) is 0 Å². The summed E-state index contributed by atoms with van der Waals surface area (Å²) in [6.07, 6.45) is -5.01. The number of nitrogens with one attached hydrogen (secondary N) is 1. The maximum Gasteiger partial charge on any atom is 0.423 e. The van der Waals surface area contributed by atoms with Gasteiger partial charge in [-0.25, -0.2) is 0 Å². The lowest BCUT2D eigenvalue weighted by Gasteiger charge is -2.23. The number of nitrogens with zero attached hydrogens (tertiary/aromatic N) is 2. The van der Waals surface area contributed by atoms with Gasteiger partial charge in [0, 0.05) is 11.8 Å². The molecule has 2 aromatic carbocycles. The number of carbonyl (C=O) groups is 1. The van der Waals surface area contributed by atoms with E-state index in [0.29, 0.717) is 17.7 Å². The van der Waals surface area contributed by atoms with Gasteiger partial charge in [-0.3, -0.25) is 14.9 Å². The predicted octanol–water partition coefficient (Wildman–Crippen LogP) is 3.25. The first kappa shape index (κ1) is 21.6. The second-order valence-electron chi connectivity index (χ2n) is 6.14. The first-order valence-corrected chi connectivity index (χ1v) is 7.96. The summed E-state index contributed by atoms with van der Waals surface area (Å²) in [6.45, 7) is 0.548. The van der Waals surface area contributed by atoms with Crippen LogP contribution in [0.4, 0.5) is 24.5 Å². The number of amides is 1. The van der Waals surface area contributed by atoms with E-state index in [9.17, 15) is 33.2 Å². The smallest absolute Gasteiger partial charge is 0.423 e. The summed E-state index contributed by atoms with van der Waals surface area (Å²) in [6, 6.07) is 9.65. The number of aliphatic hydroxyl groups is 1. The molecule has 0 aliphatic carbocycles. The van der Waals surface area contributed by atoms with Gasteiger partial charge >= 0.3 is 6.18 Å². The number of hydrogen-bond donors (Lipinski definition) is 2. The van der Waals surface area contributed by atoms with Crippen molar-refractivity contribution in [1.29, 1.82) is 5.26 Å². The molecule has 11 heteroatoms. The fourth-order valence-electron chi connectivity index (χ4n) is 2.18. The molecule has 0 aliphatic rings. The zero-order valence-corrected chi connectivity index (χ0v) is 14.9. The van der Waals surface area contributed by atoms with Crippen LogP contribution in [0.2, 0.25) is 0 Å². The Morgan fingerprint density at radius 2 is 1.90 bits per heavy atom. The molecule has 1 atom stereocenters. The van der Waals surface area contributed by atoms with Crippen LogP contribution in [0.3, 0.4) is 0 Å². The lowest BCUT2D eigenvalue weighted by molar-refractivity contribution is -0.388. The summed E-state index contributed by atoms with van der Waals surface area (Å²) >= 11 is 0. The van der Waals surface area contributed by atoms with Gasteiger partial charge in [0.25, 0.3) is 11.6 Å². The fourth-order valence-corrected chi connectivity index (χ4v) is 2.18. The quantitative estimate of drug-likeness (QED) is 0.557. The number of halogens is 3. The van der Waals surface area contributed by atoms with E-state index in [1.165, 1.54) is 24.3 Å². The zero-order valence-electron chi connectivity index (χ0n) is 14.9. The maximum atomic E-state index is 13.0. The monoisotopic (exact) mass is 409 g/mol. The predicted molar refractivity (Wildman–Crippen MR) is 94.0 cm³/mol. The van der Waals surface area contributed by atoms with Crippen LogP contribution in [-0.2, 0) is 11.0 Å². The first-order valence-electron chi connectivity index (χ1n) is 7.96. The first-order chi connectivity index (χ1) is 13.4. The number of hydrogen-bond acceptors (Lipinski definition) is 6. The van der Waals surface area contributed by atoms with Crippen molar-refractivity contribution < 1.29 is 32.7 Å². The van der Waals surface area contributed by atoms with Crippen molar-refractivity contribution in [1.82, 2.24) is 0 Å². The van der Waals surface area contributed by atoms with Gasteiger partial charge in [0.15, 0.2) is 5.60 Å². The van der Waals surface area contributed by atoms with Crippen LogP contribution in [0.1, 0.15) is 18.1 Å². The molecule has 2 N–H and O–H groups in total. The van der Waals surface area contributed by atoms with E-state index >= 15 is 0 Å². The maximum absolute atomic E-state index is 13.0. The van der Waals surface area contributed by atoms with Crippen molar-refractivity contribution in [3.63, 3.8) is 0 Å². The molecule has 0 heterocycles. The average molecular weight is 409 g/mol. The fraction of sp³-hybridized carbons (Fsp3) is 0.222. The van der Waals surface area contributed by atoms with Crippen molar-refractivity contribution in [3.8, 4) is 11.8 Å². The Morgan fingerprint density at radius 1 is 1.28 bits per heavy atom. The largest absolute Gasteiger partial charge is 0.490 e. The molecule has 0 radical (unpaired) electrons. The molecule has 0 spiro atoms. The molecule has 152 valence electrons. The number of nitro benzene ring substituents is 1. The van der Waals surface area contributed by atoms with Crippen molar-refractivity contribution in [2.45, 2.75) is 18.7 Å². The highest BCUT2D eigenvalue weighted by Gasteiger charge is 2.39. The Bertz CT molecular complexity index is 966. The Kier molecular flexibility index (Phi) is 6.09. The van der Waals surface area contributed by atoms with Crippen molar-refractivity contribution >= 4 is 17.3 Å². The van der Waals surface area contributed by atoms with Crippen molar-refractivity contribution in [2.75, 3.05) is 11.9 Å². The number of rotatable bonds is 6. The number of alkyl halides is 3. The van der Waals surface area contributed by atoms with Gasteiger partial charge < -0.3 is 15.2 Å². The highest BCUT2D eigenvalue weighted by Crippen LogP contribution is 2.37. The average Bonchev–Trinajstić information content (AvgIpc) is 2.66. The van der Waals surface area contributed by atoms with E-state index in [2.05, 4.69) is 5.32 Å². The Balaban J connectivity index is 2.13. The molecule has 0 bridgehead atoms. The zero-order chi connectivity index (χ0) is 21.8. The molecule has 0 aliphatic heterocycles. The van der Waals surface area contributed by atoms with Gasteiger partial charge in [-0.15, -0.1) is 0 Å². The molecular formula is C18H14F3N3O5. The highest BCUT2D eigenvalue weighted by molar-refractivity contribution is 5.97. The third kappa shape index (κ3) is 5.43. The lowest BCUT2D eigenvalue weighted by Crippen LogP contribution is -2.45. The number of ether oxygens (including phenoxy) is 1. The standard InChI is InChI=1S/C18H14F3N3O5/c1-17(26,10-29-13-5-2-11(9-22)3-6-13)16(25)23-12-4-7-15(24(27)28)14(8-12)18(19,20)21/h2-8,26H,10H2,1H3,(H,23,25)/t17-/m0/s1. The van der Waals surface area contributed by atoms with Gasteiger partial charge in [0.05, 0.1) is 16.6 Å². The topological polar surface area (TPSA) is 125 Å². The summed E-state index contributed by atoms with van der Waals surface area (Å²) in [5.41, 5.74) is -4.83. The molecule has 0 saturated carbocycles. The molecule has 0 fully saturated rings. The van der Waals surface area contributed by atoms with E-state index in [4.69, 9.17) is 10.00 Å². The lowest BCUT2D eigenvalue weighted by atomic mass is 10.1. The van der Waals surface area contributed by atoms with Crippen LogP contribution < -0.4 is 10.1 Å². The van der Waals surface area contributed by atoms with Crippen LogP contribution in [-0.4, -0.2) is 28.1 Å². The second kappa shape index (κ2) is 8.15. The summed E-state index contributed by atoms with van der Waals surface area (Å²) < 4.78 is 44.3. The van der Waals surface area contributed by atoms with Crippen LogP contribution in [0.15, 0.2) is 42.5 Å². The van der Waals surface area contributed by atoms with Gasteiger partial charge in [-0.2, -0.15) is 18.4 Å². The van der Waals surface area contributed by atoms with Crippen LogP contribution in [0, 0.1) is 21.4 Å². The molecule has 0 saturated heterocycles. The van der Waals surface area contributed by atoms with E-state index in [0.717, 1.165) is 13.0 Å². The Morgan fingerprint density at radius 3 is 2.41 bits per heavy atom. The minimum atomic E-state index is -5.01. The minimum Gasteiger partial charge on any atom is -0.490 e. The molecule has 2 rings (SSSR count). The van der Waals surface area contributed by atoms with Gasteiger partial charge in [0.1, 0.15) is 17.9 Å². The summed E-state index contributed by atoms with van der Waals surface area (Å²) in [5.74, 6) is -0.820.